The van der Waals surface area contributed by atoms with Crippen LogP contribution in [-0.2, 0) is 18.9 Å². The Kier molecular flexibility index (Phi) is 6.24. The van der Waals surface area contributed by atoms with Crippen LogP contribution in [0.5, 0.6) is 0 Å². The van der Waals surface area contributed by atoms with Gasteiger partial charge in [0.25, 0.3) is 0 Å². The molecule has 0 aromatic carbocycles. The van der Waals surface area contributed by atoms with Crippen LogP contribution in [0.4, 0.5) is 0 Å². The molecule has 0 aromatic rings. The molecule has 4 fully saturated rings. The normalized spacial score (nSPS) is 40.4. The number of rotatable bonds is 9. The molecule has 0 radical (unpaired) electrons. The van der Waals surface area contributed by atoms with Crippen LogP contribution in [0.1, 0.15) is 65.2 Å². The molecule has 4 heteroatoms. The second-order valence-electron chi connectivity index (χ2n) is 9.79. The van der Waals surface area contributed by atoms with Gasteiger partial charge in [-0.05, 0) is 74.5 Å². The summed E-state index contributed by atoms with van der Waals surface area (Å²) in [7, 11) is 0. The lowest BCUT2D eigenvalue weighted by Gasteiger charge is -2.46. The first kappa shape index (κ1) is 19.2. The molecule has 4 nitrogen and oxygen atoms in total. The highest BCUT2D eigenvalue weighted by Gasteiger charge is 2.40. The zero-order valence-corrected chi connectivity index (χ0v) is 16.8. The van der Waals surface area contributed by atoms with Gasteiger partial charge in [0, 0.05) is 6.61 Å². The van der Waals surface area contributed by atoms with Crippen molar-refractivity contribution in [1.29, 1.82) is 0 Å². The van der Waals surface area contributed by atoms with Crippen LogP contribution < -0.4 is 0 Å². The van der Waals surface area contributed by atoms with E-state index in [1.165, 1.54) is 51.4 Å². The number of ether oxygens (including phenoxy) is 4. The summed E-state index contributed by atoms with van der Waals surface area (Å²) in [4.78, 5) is 0. The number of hydrogen-bond donors (Lipinski definition) is 0. The lowest BCUT2D eigenvalue weighted by Crippen LogP contribution is -2.38. The molecule has 0 bridgehead atoms. The highest BCUT2D eigenvalue weighted by Crippen LogP contribution is 2.49. The molecule has 2 unspecified atom stereocenters. The van der Waals surface area contributed by atoms with Gasteiger partial charge in [-0.1, -0.05) is 13.8 Å². The number of epoxide rings is 2. The Hall–Kier alpha value is -0.160. The molecule has 2 saturated heterocycles. The molecule has 2 aliphatic heterocycles. The molecule has 0 spiro atoms. The quantitative estimate of drug-likeness (QED) is 0.573. The first-order valence-corrected chi connectivity index (χ1v) is 11.0. The second kappa shape index (κ2) is 8.46. The molecule has 2 aliphatic carbocycles. The molecule has 2 heterocycles. The maximum Gasteiger partial charge on any atom is 0.104 e. The summed E-state index contributed by atoms with van der Waals surface area (Å²) in [5.41, 5.74) is 0.470. The van der Waals surface area contributed by atoms with Crippen molar-refractivity contribution in [2.75, 3.05) is 33.0 Å². The molecular weight excluding hydrogens is 328 g/mol. The SMILES string of the molecule is CC(C)(C1CCC(COCC2CO2)CC1)C1CCC(OCC2CO2)CC1. The molecule has 26 heavy (non-hydrogen) atoms. The maximum atomic E-state index is 6.04. The van der Waals surface area contributed by atoms with E-state index in [1.54, 1.807) is 0 Å². The van der Waals surface area contributed by atoms with Gasteiger partial charge in [0.2, 0.25) is 0 Å². The first-order chi connectivity index (χ1) is 12.6. The Morgan fingerprint density at radius 3 is 1.85 bits per heavy atom. The van der Waals surface area contributed by atoms with E-state index < -0.39 is 0 Å². The van der Waals surface area contributed by atoms with Crippen LogP contribution >= 0.6 is 0 Å². The summed E-state index contributed by atoms with van der Waals surface area (Å²) < 4.78 is 22.4. The van der Waals surface area contributed by atoms with E-state index in [2.05, 4.69) is 13.8 Å². The fraction of sp³-hybridized carbons (Fsp3) is 1.00. The van der Waals surface area contributed by atoms with Crippen molar-refractivity contribution in [2.45, 2.75) is 83.5 Å². The van der Waals surface area contributed by atoms with E-state index in [4.69, 9.17) is 18.9 Å². The van der Waals surface area contributed by atoms with E-state index in [0.29, 0.717) is 23.7 Å². The standard InChI is InChI=1S/C22H38O4/c1-22(2,18-7-9-19(10-8-18)24-14-21-15-26-21)17-5-3-16(4-6-17)11-23-12-20-13-25-20/h16-21H,3-15H2,1-2H3. The van der Waals surface area contributed by atoms with E-state index >= 15 is 0 Å². The van der Waals surface area contributed by atoms with Crippen LogP contribution in [-0.4, -0.2) is 51.3 Å². The minimum atomic E-state index is 0.403. The van der Waals surface area contributed by atoms with E-state index in [0.717, 1.165) is 50.8 Å². The molecule has 2 atom stereocenters. The maximum absolute atomic E-state index is 6.04. The van der Waals surface area contributed by atoms with Crippen LogP contribution in [0.25, 0.3) is 0 Å². The van der Waals surface area contributed by atoms with Crippen molar-refractivity contribution in [3.05, 3.63) is 0 Å². The van der Waals surface area contributed by atoms with Crippen molar-refractivity contribution in [2.24, 2.45) is 23.2 Å². The van der Waals surface area contributed by atoms with Gasteiger partial charge in [-0.3, -0.25) is 0 Å². The van der Waals surface area contributed by atoms with Gasteiger partial charge >= 0.3 is 0 Å². The van der Waals surface area contributed by atoms with Crippen molar-refractivity contribution < 1.29 is 18.9 Å². The van der Waals surface area contributed by atoms with E-state index in [-0.39, 0.29) is 0 Å². The van der Waals surface area contributed by atoms with Crippen molar-refractivity contribution >= 4 is 0 Å². The predicted molar refractivity (Wildman–Crippen MR) is 101 cm³/mol. The molecule has 2 saturated carbocycles. The highest BCUT2D eigenvalue weighted by molar-refractivity contribution is 4.91. The summed E-state index contributed by atoms with van der Waals surface area (Å²) in [6, 6.07) is 0. The number of hydrogen-bond acceptors (Lipinski definition) is 4. The van der Waals surface area contributed by atoms with Crippen LogP contribution in [0.15, 0.2) is 0 Å². The lowest BCUT2D eigenvalue weighted by molar-refractivity contribution is -0.0251. The third kappa shape index (κ3) is 5.21. The third-order valence-electron chi connectivity index (χ3n) is 7.61. The zero-order valence-electron chi connectivity index (χ0n) is 16.8. The third-order valence-corrected chi connectivity index (χ3v) is 7.61. The Morgan fingerprint density at radius 1 is 0.731 bits per heavy atom. The summed E-state index contributed by atoms with van der Waals surface area (Å²) in [5.74, 6) is 2.52. The second-order valence-corrected chi connectivity index (χ2v) is 9.79. The molecule has 0 amide bonds. The minimum Gasteiger partial charge on any atom is -0.378 e. The van der Waals surface area contributed by atoms with Gasteiger partial charge in [0.15, 0.2) is 0 Å². The van der Waals surface area contributed by atoms with Crippen LogP contribution in [0.2, 0.25) is 0 Å². The Labute approximate surface area is 159 Å². The van der Waals surface area contributed by atoms with Gasteiger partial charge in [0.1, 0.15) is 12.2 Å². The molecule has 4 aliphatic rings. The van der Waals surface area contributed by atoms with Crippen molar-refractivity contribution in [3.8, 4) is 0 Å². The molecule has 0 N–H and O–H groups in total. The Balaban J connectivity index is 1.16. The smallest absolute Gasteiger partial charge is 0.104 e. The summed E-state index contributed by atoms with van der Waals surface area (Å²) >= 11 is 0. The fourth-order valence-electron chi connectivity index (χ4n) is 5.32. The highest BCUT2D eigenvalue weighted by atomic mass is 16.6. The van der Waals surface area contributed by atoms with E-state index in [9.17, 15) is 0 Å². The van der Waals surface area contributed by atoms with Gasteiger partial charge in [-0.2, -0.15) is 0 Å². The van der Waals surface area contributed by atoms with Gasteiger partial charge in [-0.25, -0.2) is 0 Å². The molecular formula is C22H38O4. The van der Waals surface area contributed by atoms with Crippen molar-refractivity contribution in [3.63, 3.8) is 0 Å². The average molecular weight is 367 g/mol. The monoisotopic (exact) mass is 366 g/mol. The van der Waals surface area contributed by atoms with Crippen LogP contribution in [0.3, 0.4) is 0 Å². The van der Waals surface area contributed by atoms with Gasteiger partial charge < -0.3 is 18.9 Å². The van der Waals surface area contributed by atoms with Crippen LogP contribution in [0, 0.1) is 23.2 Å². The molecule has 150 valence electrons. The summed E-state index contributed by atoms with van der Waals surface area (Å²) in [6.45, 7) is 9.47. The fourth-order valence-corrected chi connectivity index (χ4v) is 5.32. The lowest BCUT2D eigenvalue weighted by atomic mass is 9.60. The minimum absolute atomic E-state index is 0.403. The van der Waals surface area contributed by atoms with Crippen molar-refractivity contribution in [1.82, 2.24) is 0 Å². The van der Waals surface area contributed by atoms with Gasteiger partial charge in [-0.15, -0.1) is 0 Å². The summed E-state index contributed by atoms with van der Waals surface area (Å²) in [5, 5.41) is 0. The van der Waals surface area contributed by atoms with E-state index in [1.807, 2.05) is 0 Å². The molecule has 4 rings (SSSR count). The largest absolute Gasteiger partial charge is 0.378 e. The predicted octanol–water partition coefficient (Wildman–Crippen LogP) is 4.21. The Bertz CT molecular complexity index is 427. The topological polar surface area (TPSA) is 43.5 Å². The van der Waals surface area contributed by atoms with Gasteiger partial charge in [0.05, 0.1) is 32.5 Å². The first-order valence-electron chi connectivity index (χ1n) is 11.0. The zero-order chi connectivity index (χ0) is 18.0. The molecule has 0 aromatic heterocycles. The summed E-state index contributed by atoms with van der Waals surface area (Å²) in [6.07, 6.45) is 11.9. The average Bonchev–Trinajstić information content (AvgIpc) is 3.55. The Morgan fingerprint density at radius 2 is 1.27 bits per heavy atom.